The molecule has 0 spiro atoms. The van der Waals surface area contributed by atoms with Crippen molar-refractivity contribution in [1.29, 1.82) is 0 Å². The molecule has 0 bridgehead atoms. The van der Waals surface area contributed by atoms with E-state index in [9.17, 15) is 0 Å². The van der Waals surface area contributed by atoms with Gasteiger partial charge in [0.1, 0.15) is 12.4 Å². The van der Waals surface area contributed by atoms with Crippen molar-refractivity contribution in [3.05, 3.63) is 65.7 Å². The van der Waals surface area contributed by atoms with Crippen LogP contribution in [0.3, 0.4) is 0 Å². The molecule has 0 radical (unpaired) electrons. The predicted molar refractivity (Wildman–Crippen MR) is 77.7 cm³/mol. The summed E-state index contributed by atoms with van der Waals surface area (Å²) in [5, 5.41) is 0. The minimum Gasteiger partial charge on any atom is -0.491 e. The molecule has 0 atom stereocenters. The maximum atomic E-state index is 5.79. The summed E-state index contributed by atoms with van der Waals surface area (Å²) in [4.78, 5) is 0. The van der Waals surface area contributed by atoms with Gasteiger partial charge in [0.25, 0.3) is 0 Å². The van der Waals surface area contributed by atoms with Crippen LogP contribution in [-0.4, -0.2) is 19.8 Å². The van der Waals surface area contributed by atoms with Crippen LogP contribution in [0.25, 0.3) is 0 Å². The molecule has 2 aromatic carbocycles. The van der Waals surface area contributed by atoms with Gasteiger partial charge in [-0.2, -0.15) is 0 Å². The Labute approximate surface area is 115 Å². The first-order valence-corrected chi connectivity index (χ1v) is 6.72. The maximum absolute atomic E-state index is 5.79. The van der Waals surface area contributed by atoms with Crippen LogP contribution in [0, 0.1) is 0 Å². The molecule has 0 aromatic heterocycles. The summed E-state index contributed by atoms with van der Waals surface area (Å²) in [6.45, 7) is 3.95. The predicted octanol–water partition coefficient (Wildman–Crippen LogP) is 3.69. The molecular weight excluding hydrogens is 236 g/mol. The quantitative estimate of drug-likeness (QED) is 0.703. The van der Waals surface area contributed by atoms with Gasteiger partial charge in [0.15, 0.2) is 0 Å². The standard InChI is InChI=1S/C17H20O2/c1-2-18-12-13-19-17-11-7-6-10-16(17)14-15-8-4-3-5-9-15/h3-11H,2,12-14H2,1H3. The highest BCUT2D eigenvalue weighted by Crippen LogP contribution is 2.21. The third kappa shape index (κ3) is 4.42. The molecule has 2 aromatic rings. The zero-order valence-electron chi connectivity index (χ0n) is 11.3. The minimum absolute atomic E-state index is 0.597. The second-order valence-electron chi connectivity index (χ2n) is 4.32. The first-order valence-electron chi connectivity index (χ1n) is 6.72. The average molecular weight is 256 g/mol. The number of ether oxygens (including phenoxy) is 2. The number of rotatable bonds is 7. The summed E-state index contributed by atoms with van der Waals surface area (Å²) in [6.07, 6.45) is 0.894. The molecule has 0 aliphatic carbocycles. The Bertz CT molecular complexity index is 480. The molecule has 0 heterocycles. The summed E-state index contributed by atoms with van der Waals surface area (Å²) in [5.41, 5.74) is 2.51. The third-order valence-electron chi connectivity index (χ3n) is 2.90. The van der Waals surface area contributed by atoms with Crippen LogP contribution in [0.15, 0.2) is 54.6 Å². The van der Waals surface area contributed by atoms with Crippen molar-refractivity contribution in [2.75, 3.05) is 19.8 Å². The highest BCUT2D eigenvalue weighted by Gasteiger charge is 2.03. The fourth-order valence-electron chi connectivity index (χ4n) is 1.96. The number of para-hydroxylation sites is 1. The van der Waals surface area contributed by atoms with Gasteiger partial charge >= 0.3 is 0 Å². The van der Waals surface area contributed by atoms with Crippen LogP contribution in [0.4, 0.5) is 0 Å². The number of hydrogen-bond acceptors (Lipinski definition) is 2. The Balaban J connectivity index is 2.00. The van der Waals surface area contributed by atoms with Crippen molar-refractivity contribution in [3.8, 4) is 5.75 Å². The molecule has 0 saturated heterocycles. The van der Waals surface area contributed by atoms with Gasteiger partial charge in [-0.05, 0) is 24.1 Å². The van der Waals surface area contributed by atoms with Gasteiger partial charge < -0.3 is 9.47 Å². The minimum atomic E-state index is 0.597. The van der Waals surface area contributed by atoms with E-state index < -0.39 is 0 Å². The summed E-state index contributed by atoms with van der Waals surface area (Å²) >= 11 is 0. The largest absolute Gasteiger partial charge is 0.491 e. The van der Waals surface area contributed by atoms with Crippen LogP contribution in [0.2, 0.25) is 0 Å². The van der Waals surface area contributed by atoms with Crippen molar-refractivity contribution >= 4 is 0 Å². The summed E-state index contributed by atoms with van der Waals surface area (Å²) in [6, 6.07) is 18.6. The molecule has 2 rings (SSSR count). The van der Waals surface area contributed by atoms with Crippen LogP contribution in [0.5, 0.6) is 5.75 Å². The summed E-state index contributed by atoms with van der Waals surface area (Å²) in [5.74, 6) is 0.950. The lowest BCUT2D eigenvalue weighted by Crippen LogP contribution is -2.07. The molecular formula is C17H20O2. The lowest BCUT2D eigenvalue weighted by atomic mass is 10.0. The van der Waals surface area contributed by atoms with Gasteiger partial charge in [0.05, 0.1) is 6.61 Å². The topological polar surface area (TPSA) is 18.5 Å². The molecule has 2 nitrogen and oxygen atoms in total. The van der Waals surface area contributed by atoms with E-state index in [-0.39, 0.29) is 0 Å². The fraction of sp³-hybridized carbons (Fsp3) is 0.294. The van der Waals surface area contributed by atoms with Gasteiger partial charge in [-0.15, -0.1) is 0 Å². The van der Waals surface area contributed by atoms with E-state index in [1.54, 1.807) is 0 Å². The molecule has 100 valence electrons. The van der Waals surface area contributed by atoms with E-state index in [0.29, 0.717) is 13.2 Å². The second kappa shape index (κ2) is 7.59. The number of benzene rings is 2. The Kier molecular flexibility index (Phi) is 5.45. The molecule has 0 aliphatic rings. The zero-order chi connectivity index (χ0) is 13.3. The van der Waals surface area contributed by atoms with Gasteiger partial charge in [-0.3, -0.25) is 0 Å². The van der Waals surface area contributed by atoms with Crippen molar-refractivity contribution in [1.82, 2.24) is 0 Å². The zero-order valence-corrected chi connectivity index (χ0v) is 11.3. The van der Waals surface area contributed by atoms with Crippen molar-refractivity contribution in [3.63, 3.8) is 0 Å². The Morgan fingerprint density at radius 2 is 1.58 bits per heavy atom. The van der Waals surface area contributed by atoms with E-state index >= 15 is 0 Å². The monoisotopic (exact) mass is 256 g/mol. The molecule has 0 N–H and O–H groups in total. The first kappa shape index (κ1) is 13.6. The van der Waals surface area contributed by atoms with E-state index in [0.717, 1.165) is 18.8 Å². The van der Waals surface area contributed by atoms with Crippen LogP contribution >= 0.6 is 0 Å². The normalized spacial score (nSPS) is 10.4. The summed E-state index contributed by atoms with van der Waals surface area (Å²) in [7, 11) is 0. The van der Waals surface area contributed by atoms with Crippen LogP contribution in [-0.2, 0) is 11.2 Å². The van der Waals surface area contributed by atoms with Gasteiger partial charge in [0.2, 0.25) is 0 Å². The highest BCUT2D eigenvalue weighted by atomic mass is 16.5. The first-order chi connectivity index (χ1) is 9.40. The Hall–Kier alpha value is -1.80. The van der Waals surface area contributed by atoms with Crippen molar-refractivity contribution < 1.29 is 9.47 Å². The lowest BCUT2D eigenvalue weighted by molar-refractivity contribution is 0.110. The maximum Gasteiger partial charge on any atom is 0.122 e. The SMILES string of the molecule is CCOCCOc1ccccc1Cc1ccccc1. The molecule has 0 unspecified atom stereocenters. The molecule has 0 aliphatic heterocycles. The van der Waals surface area contributed by atoms with Crippen molar-refractivity contribution in [2.45, 2.75) is 13.3 Å². The lowest BCUT2D eigenvalue weighted by Gasteiger charge is -2.11. The molecule has 0 amide bonds. The second-order valence-corrected chi connectivity index (χ2v) is 4.32. The van der Waals surface area contributed by atoms with E-state index in [2.05, 4.69) is 30.3 Å². The Morgan fingerprint density at radius 1 is 0.842 bits per heavy atom. The Morgan fingerprint density at radius 3 is 2.37 bits per heavy atom. The van der Waals surface area contributed by atoms with Gasteiger partial charge in [-0.25, -0.2) is 0 Å². The van der Waals surface area contributed by atoms with Crippen LogP contribution in [0.1, 0.15) is 18.1 Å². The fourth-order valence-corrected chi connectivity index (χ4v) is 1.96. The third-order valence-corrected chi connectivity index (χ3v) is 2.90. The molecule has 0 saturated carbocycles. The average Bonchev–Trinajstić information content (AvgIpc) is 2.46. The molecule has 0 fully saturated rings. The van der Waals surface area contributed by atoms with E-state index in [1.807, 2.05) is 31.2 Å². The highest BCUT2D eigenvalue weighted by molar-refractivity contribution is 5.37. The molecule has 2 heteroatoms. The van der Waals surface area contributed by atoms with E-state index in [4.69, 9.17) is 9.47 Å². The number of hydrogen-bond donors (Lipinski definition) is 0. The van der Waals surface area contributed by atoms with Crippen LogP contribution < -0.4 is 4.74 Å². The smallest absolute Gasteiger partial charge is 0.122 e. The van der Waals surface area contributed by atoms with Gasteiger partial charge in [0, 0.05) is 13.0 Å². The summed E-state index contributed by atoms with van der Waals surface area (Å²) < 4.78 is 11.1. The molecule has 19 heavy (non-hydrogen) atoms. The van der Waals surface area contributed by atoms with Gasteiger partial charge in [-0.1, -0.05) is 48.5 Å². The van der Waals surface area contributed by atoms with E-state index in [1.165, 1.54) is 11.1 Å². The van der Waals surface area contributed by atoms with Crippen molar-refractivity contribution in [2.24, 2.45) is 0 Å².